The first kappa shape index (κ1) is 22.8. The van der Waals surface area contributed by atoms with Crippen LogP contribution in [0.15, 0.2) is 78.9 Å². The van der Waals surface area contributed by atoms with Gasteiger partial charge in [-0.1, -0.05) is 30.3 Å². The number of hydrogen-bond acceptors (Lipinski definition) is 5. The Bertz CT molecular complexity index is 1210. The Balaban J connectivity index is 1.83. The number of sulfonamides is 1. The SMILES string of the molecule is C[C@@H](C(=O)Nc1ccccc1C(N)=O)N(c1ccc(Oc2ccccc2)cc1)S(C)(=O)=O. The van der Waals surface area contributed by atoms with E-state index >= 15 is 0 Å². The average molecular weight is 454 g/mol. The van der Waals surface area contributed by atoms with Crippen LogP contribution in [0.2, 0.25) is 0 Å². The van der Waals surface area contributed by atoms with Gasteiger partial charge in [0.25, 0.3) is 5.91 Å². The molecule has 0 bridgehead atoms. The van der Waals surface area contributed by atoms with Crippen molar-refractivity contribution in [3.05, 3.63) is 84.4 Å². The maximum absolute atomic E-state index is 12.9. The molecule has 0 saturated carbocycles. The maximum Gasteiger partial charge on any atom is 0.250 e. The van der Waals surface area contributed by atoms with Crippen LogP contribution in [0.4, 0.5) is 11.4 Å². The number of anilines is 2. The van der Waals surface area contributed by atoms with Gasteiger partial charge in [0, 0.05) is 0 Å². The van der Waals surface area contributed by atoms with Crippen LogP contribution in [0, 0.1) is 0 Å². The Hall–Kier alpha value is -3.85. The van der Waals surface area contributed by atoms with E-state index in [1.807, 2.05) is 18.2 Å². The van der Waals surface area contributed by atoms with Crippen LogP contribution < -0.4 is 20.1 Å². The van der Waals surface area contributed by atoms with Crippen molar-refractivity contribution in [2.45, 2.75) is 13.0 Å². The van der Waals surface area contributed by atoms with Crippen molar-refractivity contribution in [3.8, 4) is 11.5 Å². The normalized spacial score (nSPS) is 11.9. The van der Waals surface area contributed by atoms with Gasteiger partial charge >= 0.3 is 0 Å². The van der Waals surface area contributed by atoms with Crippen LogP contribution in [0.25, 0.3) is 0 Å². The van der Waals surface area contributed by atoms with Crippen molar-refractivity contribution in [3.63, 3.8) is 0 Å². The lowest BCUT2D eigenvalue weighted by atomic mass is 10.1. The summed E-state index contributed by atoms with van der Waals surface area (Å²) in [5.74, 6) is -0.168. The van der Waals surface area contributed by atoms with Gasteiger partial charge in [0.2, 0.25) is 15.9 Å². The fourth-order valence-electron chi connectivity index (χ4n) is 3.14. The van der Waals surface area contributed by atoms with Crippen LogP contribution in [0.5, 0.6) is 11.5 Å². The van der Waals surface area contributed by atoms with E-state index in [4.69, 9.17) is 10.5 Å². The van der Waals surface area contributed by atoms with Crippen LogP contribution in [-0.4, -0.2) is 32.5 Å². The van der Waals surface area contributed by atoms with Gasteiger partial charge in [-0.15, -0.1) is 0 Å². The Kier molecular flexibility index (Phi) is 6.79. The highest BCUT2D eigenvalue weighted by Gasteiger charge is 2.29. The highest BCUT2D eigenvalue weighted by Crippen LogP contribution is 2.27. The van der Waals surface area contributed by atoms with Crippen molar-refractivity contribution in [1.82, 2.24) is 0 Å². The van der Waals surface area contributed by atoms with Crippen molar-refractivity contribution < 1.29 is 22.7 Å². The number of nitrogens with zero attached hydrogens (tertiary/aromatic N) is 1. The summed E-state index contributed by atoms with van der Waals surface area (Å²) >= 11 is 0. The number of nitrogens with two attached hydrogens (primary N) is 1. The van der Waals surface area contributed by atoms with E-state index in [1.54, 1.807) is 48.5 Å². The third-order valence-electron chi connectivity index (χ3n) is 4.61. The highest BCUT2D eigenvalue weighted by atomic mass is 32.2. The van der Waals surface area contributed by atoms with Gasteiger partial charge in [-0.2, -0.15) is 0 Å². The molecule has 0 fully saturated rings. The molecule has 9 heteroatoms. The third-order valence-corrected chi connectivity index (χ3v) is 5.85. The number of benzene rings is 3. The van der Waals surface area contributed by atoms with Crippen molar-refractivity contribution in [1.29, 1.82) is 0 Å². The summed E-state index contributed by atoms with van der Waals surface area (Å²) in [6, 6.07) is 20.6. The minimum Gasteiger partial charge on any atom is -0.457 e. The Morgan fingerprint density at radius 2 is 1.47 bits per heavy atom. The standard InChI is InChI=1S/C23H23N3O5S/c1-16(23(28)25-21-11-7-6-10-20(21)22(24)27)26(32(2,29)30)17-12-14-19(15-13-17)31-18-8-4-3-5-9-18/h3-16H,1-2H3,(H2,24,27)(H,25,28)/t16-/m0/s1. The molecule has 3 aromatic carbocycles. The fraction of sp³-hybridized carbons (Fsp3) is 0.130. The second-order valence-corrected chi connectivity index (χ2v) is 8.90. The lowest BCUT2D eigenvalue weighted by Gasteiger charge is -2.28. The first-order valence-corrected chi connectivity index (χ1v) is 11.5. The lowest BCUT2D eigenvalue weighted by Crippen LogP contribution is -2.45. The van der Waals surface area contributed by atoms with E-state index in [-0.39, 0.29) is 11.3 Å². The molecule has 3 rings (SSSR count). The summed E-state index contributed by atoms with van der Waals surface area (Å²) in [6.45, 7) is 1.46. The van der Waals surface area contributed by atoms with E-state index in [0.717, 1.165) is 10.6 Å². The first-order chi connectivity index (χ1) is 15.2. The number of rotatable bonds is 8. The summed E-state index contributed by atoms with van der Waals surface area (Å²) in [4.78, 5) is 24.5. The van der Waals surface area contributed by atoms with Gasteiger partial charge in [-0.25, -0.2) is 8.42 Å². The van der Waals surface area contributed by atoms with Crippen molar-refractivity contribution in [2.75, 3.05) is 15.9 Å². The Morgan fingerprint density at radius 1 is 0.906 bits per heavy atom. The van der Waals surface area contributed by atoms with Gasteiger partial charge in [0.1, 0.15) is 17.5 Å². The minimum atomic E-state index is -3.81. The van der Waals surface area contributed by atoms with E-state index in [9.17, 15) is 18.0 Å². The van der Waals surface area contributed by atoms with E-state index < -0.39 is 27.9 Å². The van der Waals surface area contributed by atoms with Gasteiger partial charge in [-0.3, -0.25) is 13.9 Å². The molecule has 0 aliphatic carbocycles. The largest absolute Gasteiger partial charge is 0.457 e. The number of ether oxygens (including phenoxy) is 1. The molecular formula is C23H23N3O5S. The zero-order valence-corrected chi connectivity index (χ0v) is 18.4. The summed E-state index contributed by atoms with van der Waals surface area (Å²) in [5.41, 5.74) is 5.97. The zero-order valence-electron chi connectivity index (χ0n) is 17.6. The maximum atomic E-state index is 12.9. The monoisotopic (exact) mass is 453 g/mol. The summed E-state index contributed by atoms with van der Waals surface area (Å²) in [7, 11) is -3.81. The molecule has 0 radical (unpaired) electrons. The zero-order chi connectivity index (χ0) is 23.3. The number of carbonyl (C=O) groups is 2. The molecule has 0 aromatic heterocycles. The number of carbonyl (C=O) groups excluding carboxylic acids is 2. The molecule has 0 spiro atoms. The topological polar surface area (TPSA) is 119 Å². The lowest BCUT2D eigenvalue weighted by molar-refractivity contribution is -0.116. The Labute approximate surface area is 186 Å². The smallest absolute Gasteiger partial charge is 0.250 e. The third kappa shape index (κ3) is 5.44. The van der Waals surface area contributed by atoms with Gasteiger partial charge in [0.05, 0.1) is 23.2 Å². The number of primary amides is 1. The quantitative estimate of drug-likeness (QED) is 0.542. The van der Waals surface area contributed by atoms with E-state index in [1.165, 1.54) is 19.1 Å². The second-order valence-electron chi connectivity index (χ2n) is 7.04. The molecule has 3 N–H and O–H groups in total. The molecule has 166 valence electrons. The van der Waals surface area contributed by atoms with Gasteiger partial charge < -0.3 is 15.8 Å². The van der Waals surface area contributed by atoms with Crippen LogP contribution in [0.1, 0.15) is 17.3 Å². The van der Waals surface area contributed by atoms with Crippen LogP contribution >= 0.6 is 0 Å². The van der Waals surface area contributed by atoms with E-state index in [2.05, 4.69) is 5.32 Å². The number of para-hydroxylation sites is 2. The minimum absolute atomic E-state index is 0.126. The fourth-order valence-corrected chi connectivity index (χ4v) is 4.31. The van der Waals surface area contributed by atoms with Crippen molar-refractivity contribution in [2.24, 2.45) is 5.73 Å². The van der Waals surface area contributed by atoms with E-state index in [0.29, 0.717) is 17.2 Å². The first-order valence-electron chi connectivity index (χ1n) is 9.69. The van der Waals surface area contributed by atoms with Gasteiger partial charge in [0.15, 0.2) is 0 Å². The summed E-state index contributed by atoms with van der Waals surface area (Å²) in [6.07, 6.45) is 1.02. The van der Waals surface area contributed by atoms with Crippen LogP contribution in [-0.2, 0) is 14.8 Å². The predicted molar refractivity (Wildman–Crippen MR) is 123 cm³/mol. The second kappa shape index (κ2) is 9.52. The molecule has 32 heavy (non-hydrogen) atoms. The molecule has 0 aliphatic rings. The number of amides is 2. The highest BCUT2D eigenvalue weighted by molar-refractivity contribution is 7.92. The molecule has 0 heterocycles. The predicted octanol–water partition coefficient (Wildman–Crippen LogP) is 3.37. The summed E-state index contributed by atoms with van der Waals surface area (Å²) < 4.78 is 31.8. The average Bonchev–Trinajstić information content (AvgIpc) is 2.75. The molecule has 3 aromatic rings. The molecule has 0 unspecified atom stereocenters. The number of hydrogen-bond donors (Lipinski definition) is 2. The Morgan fingerprint density at radius 3 is 2.06 bits per heavy atom. The molecule has 1 atom stereocenters. The molecule has 2 amide bonds. The molecular weight excluding hydrogens is 430 g/mol. The molecule has 0 saturated heterocycles. The van der Waals surface area contributed by atoms with Crippen LogP contribution in [0.3, 0.4) is 0 Å². The molecule has 8 nitrogen and oxygen atoms in total. The number of nitrogens with one attached hydrogen (secondary N) is 1. The van der Waals surface area contributed by atoms with Crippen molar-refractivity contribution >= 4 is 33.2 Å². The van der Waals surface area contributed by atoms with Gasteiger partial charge in [-0.05, 0) is 55.5 Å². The summed E-state index contributed by atoms with van der Waals surface area (Å²) in [5, 5.41) is 2.59. The molecule has 0 aliphatic heterocycles.